The van der Waals surface area contributed by atoms with Crippen LogP contribution in [-0.4, -0.2) is 37.7 Å². The maximum atomic E-state index is 6.48. The van der Waals surface area contributed by atoms with Crippen LogP contribution in [0.5, 0.6) is 0 Å². The molecule has 0 aliphatic carbocycles. The second-order valence-electron chi connectivity index (χ2n) is 6.46. The van der Waals surface area contributed by atoms with Gasteiger partial charge >= 0.3 is 0 Å². The molecule has 0 saturated carbocycles. The maximum Gasteiger partial charge on any atom is 0.137 e. The Hall–Kier alpha value is -1.98. The zero-order chi connectivity index (χ0) is 16.4. The molecule has 6 heteroatoms. The fourth-order valence-corrected chi connectivity index (χ4v) is 3.80. The summed E-state index contributed by atoms with van der Waals surface area (Å²) in [5.41, 5.74) is 2.15. The number of nitrogens with zero attached hydrogens (tertiary/aromatic N) is 5. The third-order valence-electron chi connectivity index (χ3n) is 4.72. The number of hydrogen-bond donors (Lipinski definition) is 0. The zero-order valence-electron chi connectivity index (χ0n) is 13.5. The Bertz CT molecular complexity index is 817. The summed E-state index contributed by atoms with van der Waals surface area (Å²) in [6, 6.07) is 8.08. The van der Waals surface area contributed by atoms with E-state index in [0.717, 1.165) is 47.7 Å². The molecule has 0 bridgehead atoms. The van der Waals surface area contributed by atoms with Gasteiger partial charge in [-0.1, -0.05) is 23.7 Å². The van der Waals surface area contributed by atoms with Crippen molar-refractivity contribution in [2.45, 2.75) is 25.9 Å². The normalized spacial score (nSPS) is 19.0. The van der Waals surface area contributed by atoms with Crippen molar-refractivity contribution in [3.63, 3.8) is 0 Å². The molecule has 4 rings (SSSR count). The molecule has 124 valence electrons. The summed E-state index contributed by atoms with van der Waals surface area (Å²) in [6.07, 6.45) is 7.67. The number of likely N-dealkylation sites (tertiary alicyclic amines) is 1. The molecule has 0 radical (unpaired) electrons. The molecule has 1 saturated heterocycles. The Morgan fingerprint density at radius 1 is 1.25 bits per heavy atom. The molecule has 5 nitrogen and oxygen atoms in total. The molecule has 1 atom stereocenters. The first-order chi connectivity index (χ1) is 11.8. The van der Waals surface area contributed by atoms with Crippen LogP contribution in [0.15, 0.2) is 43.1 Å². The van der Waals surface area contributed by atoms with Crippen molar-refractivity contribution in [1.82, 2.24) is 24.6 Å². The lowest BCUT2D eigenvalue weighted by molar-refractivity contribution is 0.153. The van der Waals surface area contributed by atoms with Gasteiger partial charge in [0.15, 0.2) is 0 Å². The van der Waals surface area contributed by atoms with E-state index in [1.165, 1.54) is 12.8 Å². The highest BCUT2D eigenvalue weighted by Gasteiger charge is 2.22. The van der Waals surface area contributed by atoms with E-state index in [0.29, 0.717) is 5.92 Å². The Kier molecular flexibility index (Phi) is 4.45. The number of benzene rings is 1. The Morgan fingerprint density at radius 2 is 2.21 bits per heavy atom. The molecule has 3 heterocycles. The minimum atomic E-state index is 0.599. The van der Waals surface area contributed by atoms with Gasteiger partial charge in [0.2, 0.25) is 0 Å². The summed E-state index contributed by atoms with van der Waals surface area (Å²) < 4.78 is 1.93. The molecular weight excluding hydrogens is 322 g/mol. The standard InChI is InChI=1S/C18H20ClN5/c19-17-6-5-15-4-1-7-21-18(15)16(17)11-23-8-2-3-14(9-23)10-24-13-20-12-22-24/h1,4-7,12-14H,2-3,8-11H2. The fourth-order valence-electron chi connectivity index (χ4n) is 3.59. The second-order valence-corrected chi connectivity index (χ2v) is 6.87. The Morgan fingerprint density at radius 3 is 3.08 bits per heavy atom. The molecular formula is C18H20ClN5. The van der Waals surface area contributed by atoms with Crippen LogP contribution in [-0.2, 0) is 13.1 Å². The third-order valence-corrected chi connectivity index (χ3v) is 5.07. The number of hydrogen-bond acceptors (Lipinski definition) is 4. The van der Waals surface area contributed by atoms with Crippen molar-refractivity contribution in [2.24, 2.45) is 5.92 Å². The van der Waals surface area contributed by atoms with E-state index in [-0.39, 0.29) is 0 Å². The first kappa shape index (κ1) is 15.5. The summed E-state index contributed by atoms with van der Waals surface area (Å²) in [4.78, 5) is 11.1. The van der Waals surface area contributed by atoms with Crippen molar-refractivity contribution >= 4 is 22.5 Å². The van der Waals surface area contributed by atoms with Gasteiger partial charge in [-0.25, -0.2) is 4.98 Å². The molecule has 0 N–H and O–H groups in total. The van der Waals surface area contributed by atoms with Gasteiger partial charge in [-0.15, -0.1) is 0 Å². The number of halogens is 1. The van der Waals surface area contributed by atoms with Gasteiger partial charge in [0, 0.05) is 41.8 Å². The highest BCUT2D eigenvalue weighted by Crippen LogP contribution is 2.28. The van der Waals surface area contributed by atoms with Gasteiger partial charge in [-0.3, -0.25) is 14.6 Å². The SMILES string of the molecule is Clc1ccc2cccnc2c1CN1CCCC(Cn2cncn2)C1. The Balaban J connectivity index is 1.52. The summed E-state index contributed by atoms with van der Waals surface area (Å²) in [5, 5.41) is 6.18. The van der Waals surface area contributed by atoms with Gasteiger partial charge in [-0.2, -0.15) is 5.10 Å². The van der Waals surface area contributed by atoms with Crippen molar-refractivity contribution < 1.29 is 0 Å². The second kappa shape index (κ2) is 6.87. The number of rotatable bonds is 4. The Labute approximate surface area is 146 Å². The van der Waals surface area contributed by atoms with Crippen LogP contribution in [0, 0.1) is 5.92 Å². The van der Waals surface area contributed by atoms with Crippen molar-refractivity contribution in [1.29, 1.82) is 0 Å². The smallest absolute Gasteiger partial charge is 0.137 e. The van der Waals surface area contributed by atoms with Crippen molar-refractivity contribution in [2.75, 3.05) is 13.1 Å². The lowest BCUT2D eigenvalue weighted by Gasteiger charge is -2.33. The quantitative estimate of drug-likeness (QED) is 0.729. The molecule has 1 aliphatic rings. The minimum absolute atomic E-state index is 0.599. The maximum absolute atomic E-state index is 6.48. The summed E-state index contributed by atoms with van der Waals surface area (Å²) in [6.45, 7) is 3.94. The van der Waals surface area contributed by atoms with Crippen molar-refractivity contribution in [3.05, 3.63) is 53.7 Å². The molecule has 3 aromatic rings. The van der Waals surface area contributed by atoms with E-state index in [1.54, 1.807) is 12.7 Å². The summed E-state index contributed by atoms with van der Waals surface area (Å²) >= 11 is 6.48. The number of pyridine rings is 1. The van der Waals surface area contributed by atoms with Crippen LogP contribution in [0.3, 0.4) is 0 Å². The molecule has 0 amide bonds. The van der Waals surface area contributed by atoms with Gasteiger partial charge in [0.1, 0.15) is 12.7 Å². The van der Waals surface area contributed by atoms with Crippen LogP contribution in [0.4, 0.5) is 0 Å². The van der Waals surface area contributed by atoms with Gasteiger partial charge < -0.3 is 0 Å². The summed E-state index contributed by atoms with van der Waals surface area (Å²) in [5.74, 6) is 0.599. The van der Waals surface area contributed by atoms with E-state index in [2.05, 4.69) is 26.0 Å². The van der Waals surface area contributed by atoms with Gasteiger partial charge in [0.25, 0.3) is 0 Å². The van der Waals surface area contributed by atoms with Crippen LogP contribution in [0.1, 0.15) is 18.4 Å². The predicted molar refractivity (Wildman–Crippen MR) is 94.8 cm³/mol. The van der Waals surface area contributed by atoms with E-state index in [9.17, 15) is 0 Å². The molecule has 2 aromatic heterocycles. The molecule has 1 aliphatic heterocycles. The van der Waals surface area contributed by atoms with E-state index in [1.807, 2.05) is 29.1 Å². The first-order valence-electron chi connectivity index (χ1n) is 8.36. The molecule has 1 aromatic carbocycles. The van der Waals surface area contributed by atoms with E-state index < -0.39 is 0 Å². The van der Waals surface area contributed by atoms with Crippen molar-refractivity contribution in [3.8, 4) is 0 Å². The average Bonchev–Trinajstić information content (AvgIpc) is 3.11. The fraction of sp³-hybridized carbons (Fsp3) is 0.389. The topological polar surface area (TPSA) is 46.8 Å². The number of aromatic nitrogens is 4. The molecule has 24 heavy (non-hydrogen) atoms. The average molecular weight is 342 g/mol. The third kappa shape index (κ3) is 3.28. The molecule has 0 spiro atoms. The zero-order valence-corrected chi connectivity index (χ0v) is 14.2. The predicted octanol–water partition coefficient (Wildman–Crippen LogP) is 3.39. The number of piperidine rings is 1. The van der Waals surface area contributed by atoms with E-state index >= 15 is 0 Å². The highest BCUT2D eigenvalue weighted by molar-refractivity contribution is 6.32. The van der Waals surface area contributed by atoms with Gasteiger partial charge in [-0.05, 0) is 37.4 Å². The molecule has 1 unspecified atom stereocenters. The lowest BCUT2D eigenvalue weighted by Crippen LogP contribution is -2.36. The van der Waals surface area contributed by atoms with E-state index in [4.69, 9.17) is 11.6 Å². The van der Waals surface area contributed by atoms with Crippen LogP contribution in [0.2, 0.25) is 5.02 Å². The van der Waals surface area contributed by atoms with Gasteiger partial charge in [0.05, 0.1) is 5.52 Å². The summed E-state index contributed by atoms with van der Waals surface area (Å²) in [7, 11) is 0. The first-order valence-corrected chi connectivity index (χ1v) is 8.74. The molecule has 1 fully saturated rings. The van der Waals surface area contributed by atoms with Crippen LogP contribution < -0.4 is 0 Å². The highest BCUT2D eigenvalue weighted by atomic mass is 35.5. The monoisotopic (exact) mass is 341 g/mol. The number of fused-ring (bicyclic) bond motifs is 1. The largest absolute Gasteiger partial charge is 0.299 e. The minimum Gasteiger partial charge on any atom is -0.299 e. The van der Waals surface area contributed by atoms with Crippen LogP contribution in [0.25, 0.3) is 10.9 Å². The van der Waals surface area contributed by atoms with Crippen LogP contribution >= 0.6 is 11.6 Å². The lowest BCUT2D eigenvalue weighted by atomic mass is 9.97.